The number of carbonyl (C=O) groups is 1. The fourth-order valence-electron chi connectivity index (χ4n) is 3.65. The van der Waals surface area contributed by atoms with Crippen molar-refractivity contribution < 1.29 is 4.79 Å². The van der Waals surface area contributed by atoms with Crippen molar-refractivity contribution >= 4 is 11.6 Å². The summed E-state index contributed by atoms with van der Waals surface area (Å²) in [6.45, 7) is 10.2. The molecule has 2 aliphatic rings. The molecule has 1 spiro atoms. The second-order valence-corrected chi connectivity index (χ2v) is 8.28. The van der Waals surface area contributed by atoms with Crippen LogP contribution in [-0.4, -0.2) is 49.6 Å². The van der Waals surface area contributed by atoms with Crippen LogP contribution in [0.2, 0.25) is 0 Å². The van der Waals surface area contributed by atoms with Crippen molar-refractivity contribution in [2.24, 2.45) is 0 Å². The van der Waals surface area contributed by atoms with Crippen LogP contribution >= 0.6 is 0 Å². The zero-order valence-electron chi connectivity index (χ0n) is 14.9. The molecule has 4 heteroatoms. The third-order valence-corrected chi connectivity index (χ3v) is 5.28. The predicted molar refractivity (Wildman–Crippen MR) is 95.0 cm³/mol. The Bertz CT molecular complexity index is 565. The van der Waals surface area contributed by atoms with Crippen LogP contribution in [0, 0.1) is 0 Å². The van der Waals surface area contributed by atoms with E-state index in [0.29, 0.717) is 6.54 Å². The van der Waals surface area contributed by atoms with Gasteiger partial charge in [-0.25, -0.2) is 0 Å². The van der Waals surface area contributed by atoms with Crippen molar-refractivity contribution in [3.8, 4) is 0 Å². The van der Waals surface area contributed by atoms with E-state index in [-0.39, 0.29) is 16.9 Å². The highest BCUT2D eigenvalue weighted by Crippen LogP contribution is 2.30. The highest BCUT2D eigenvalue weighted by molar-refractivity contribution is 5.84. The lowest BCUT2D eigenvalue weighted by Crippen LogP contribution is -2.66. The van der Waals surface area contributed by atoms with Gasteiger partial charge in [0.15, 0.2) is 0 Å². The van der Waals surface area contributed by atoms with Gasteiger partial charge in [0.1, 0.15) is 0 Å². The number of piperazine rings is 1. The summed E-state index contributed by atoms with van der Waals surface area (Å²) in [5.41, 5.74) is 2.60. The first-order chi connectivity index (χ1) is 10.8. The number of rotatable bonds is 1. The zero-order valence-corrected chi connectivity index (χ0v) is 14.9. The standard InChI is InChI=1S/C19H29N3O/c1-18(2,3)15-5-7-16(8-6-15)22-13-17(23)20-19(14-22)9-11-21(4)12-10-19/h5-8H,9-14H2,1-4H3,(H,20,23). The number of carbonyl (C=O) groups excluding carboxylic acids is 1. The summed E-state index contributed by atoms with van der Waals surface area (Å²) < 4.78 is 0. The fraction of sp³-hybridized carbons (Fsp3) is 0.632. The van der Waals surface area contributed by atoms with E-state index in [4.69, 9.17) is 0 Å². The van der Waals surface area contributed by atoms with Crippen LogP contribution in [0.3, 0.4) is 0 Å². The van der Waals surface area contributed by atoms with Gasteiger partial charge in [0.2, 0.25) is 5.91 Å². The monoisotopic (exact) mass is 315 g/mol. The summed E-state index contributed by atoms with van der Waals surface area (Å²) >= 11 is 0. The van der Waals surface area contributed by atoms with Crippen molar-refractivity contribution in [2.45, 2.75) is 44.6 Å². The molecule has 3 rings (SSSR count). The van der Waals surface area contributed by atoms with Crippen molar-refractivity contribution in [1.29, 1.82) is 0 Å². The van der Waals surface area contributed by atoms with Gasteiger partial charge in [0.25, 0.3) is 0 Å². The van der Waals surface area contributed by atoms with Gasteiger partial charge in [0, 0.05) is 25.3 Å². The first-order valence-corrected chi connectivity index (χ1v) is 8.63. The normalized spacial score (nSPS) is 22.3. The number of likely N-dealkylation sites (tertiary alicyclic amines) is 1. The van der Waals surface area contributed by atoms with E-state index >= 15 is 0 Å². The van der Waals surface area contributed by atoms with E-state index < -0.39 is 0 Å². The Labute approximate surface area is 139 Å². The minimum Gasteiger partial charge on any atom is -0.360 e. The summed E-state index contributed by atoms with van der Waals surface area (Å²) in [4.78, 5) is 16.8. The van der Waals surface area contributed by atoms with Crippen molar-refractivity contribution in [1.82, 2.24) is 10.2 Å². The zero-order chi connectivity index (χ0) is 16.7. The number of piperidine rings is 1. The van der Waals surface area contributed by atoms with Gasteiger partial charge >= 0.3 is 0 Å². The van der Waals surface area contributed by atoms with Crippen molar-refractivity contribution in [2.75, 3.05) is 38.1 Å². The quantitative estimate of drug-likeness (QED) is 0.864. The lowest BCUT2D eigenvalue weighted by molar-refractivity contribution is -0.123. The molecule has 1 aromatic carbocycles. The molecule has 4 nitrogen and oxygen atoms in total. The first kappa shape index (κ1) is 16.3. The molecule has 2 saturated heterocycles. The maximum absolute atomic E-state index is 12.3. The molecule has 0 saturated carbocycles. The summed E-state index contributed by atoms with van der Waals surface area (Å²) in [5.74, 6) is 0.153. The molecule has 0 radical (unpaired) electrons. The second-order valence-electron chi connectivity index (χ2n) is 8.28. The molecule has 1 aromatic rings. The molecule has 126 valence electrons. The third-order valence-electron chi connectivity index (χ3n) is 5.28. The SMILES string of the molecule is CN1CCC2(CC1)CN(c1ccc(C(C)(C)C)cc1)CC(=O)N2. The van der Waals surface area contributed by atoms with Gasteiger partial charge in [-0.15, -0.1) is 0 Å². The van der Waals surface area contributed by atoms with E-state index in [2.05, 4.69) is 67.2 Å². The Balaban J connectivity index is 1.78. The van der Waals surface area contributed by atoms with Gasteiger partial charge in [-0.2, -0.15) is 0 Å². The summed E-state index contributed by atoms with van der Waals surface area (Å²) in [6, 6.07) is 8.73. The molecule has 0 atom stereocenters. The number of hydrogen-bond donors (Lipinski definition) is 1. The second kappa shape index (κ2) is 5.82. The number of amides is 1. The molecule has 2 heterocycles. The van der Waals surface area contributed by atoms with Crippen LogP contribution in [0.15, 0.2) is 24.3 Å². The lowest BCUT2D eigenvalue weighted by Gasteiger charge is -2.48. The molecule has 0 bridgehead atoms. The van der Waals surface area contributed by atoms with Crippen LogP contribution in [-0.2, 0) is 10.2 Å². The summed E-state index contributed by atoms with van der Waals surface area (Å²) in [5, 5.41) is 3.28. The van der Waals surface area contributed by atoms with E-state index in [1.165, 1.54) is 5.56 Å². The van der Waals surface area contributed by atoms with Crippen LogP contribution in [0.5, 0.6) is 0 Å². The van der Waals surface area contributed by atoms with Crippen molar-refractivity contribution in [3.05, 3.63) is 29.8 Å². The van der Waals surface area contributed by atoms with Gasteiger partial charge < -0.3 is 15.1 Å². The Hall–Kier alpha value is -1.55. The minimum atomic E-state index is -0.0510. The fourth-order valence-corrected chi connectivity index (χ4v) is 3.65. The van der Waals surface area contributed by atoms with Crippen LogP contribution in [0.1, 0.15) is 39.2 Å². The van der Waals surface area contributed by atoms with Gasteiger partial charge in [0.05, 0.1) is 12.1 Å². The molecule has 0 unspecified atom stereocenters. The lowest BCUT2D eigenvalue weighted by atomic mass is 9.84. The van der Waals surface area contributed by atoms with Gasteiger partial charge in [-0.3, -0.25) is 4.79 Å². The van der Waals surface area contributed by atoms with E-state index in [1.807, 2.05) is 0 Å². The molecule has 1 N–H and O–H groups in total. The molecule has 2 fully saturated rings. The number of nitrogens with zero attached hydrogens (tertiary/aromatic N) is 2. The average molecular weight is 315 g/mol. The molecular weight excluding hydrogens is 286 g/mol. The largest absolute Gasteiger partial charge is 0.360 e. The first-order valence-electron chi connectivity index (χ1n) is 8.63. The summed E-state index contributed by atoms with van der Waals surface area (Å²) in [6.07, 6.45) is 2.07. The number of anilines is 1. The van der Waals surface area contributed by atoms with E-state index in [9.17, 15) is 4.79 Å². The minimum absolute atomic E-state index is 0.0510. The van der Waals surface area contributed by atoms with Crippen LogP contribution in [0.25, 0.3) is 0 Å². The Morgan fingerprint density at radius 1 is 1.09 bits per heavy atom. The molecule has 1 amide bonds. The molecular formula is C19H29N3O. The number of benzene rings is 1. The summed E-state index contributed by atoms with van der Waals surface area (Å²) in [7, 11) is 2.15. The number of nitrogens with one attached hydrogen (secondary N) is 1. The highest BCUT2D eigenvalue weighted by Gasteiger charge is 2.40. The van der Waals surface area contributed by atoms with E-state index in [1.54, 1.807) is 0 Å². The predicted octanol–water partition coefficient (Wildman–Crippen LogP) is 2.38. The Morgan fingerprint density at radius 2 is 1.70 bits per heavy atom. The third kappa shape index (κ3) is 3.52. The molecule has 23 heavy (non-hydrogen) atoms. The average Bonchev–Trinajstić information content (AvgIpc) is 2.49. The topological polar surface area (TPSA) is 35.6 Å². The Morgan fingerprint density at radius 3 is 2.26 bits per heavy atom. The molecule has 0 aliphatic carbocycles. The van der Waals surface area contributed by atoms with E-state index in [0.717, 1.165) is 38.2 Å². The van der Waals surface area contributed by atoms with Crippen LogP contribution < -0.4 is 10.2 Å². The highest BCUT2D eigenvalue weighted by atomic mass is 16.2. The Kier molecular flexibility index (Phi) is 4.13. The van der Waals surface area contributed by atoms with Crippen LogP contribution in [0.4, 0.5) is 5.69 Å². The van der Waals surface area contributed by atoms with Crippen molar-refractivity contribution in [3.63, 3.8) is 0 Å². The molecule has 0 aromatic heterocycles. The van der Waals surface area contributed by atoms with Gasteiger partial charge in [-0.1, -0.05) is 32.9 Å². The maximum atomic E-state index is 12.3. The maximum Gasteiger partial charge on any atom is 0.240 e. The molecule has 2 aliphatic heterocycles. The smallest absolute Gasteiger partial charge is 0.240 e. The number of hydrogen-bond acceptors (Lipinski definition) is 3. The van der Waals surface area contributed by atoms with Gasteiger partial charge in [-0.05, 0) is 43.0 Å².